The normalized spacial score (nSPS) is 40.9. The Bertz CT molecular complexity index is 243. The topological polar surface area (TPSA) is 50.1 Å². The zero-order chi connectivity index (χ0) is 8.70. The number of esters is 1. The first-order valence-electron chi connectivity index (χ1n) is 3.50. The predicted molar refractivity (Wildman–Crippen MR) is 38.5 cm³/mol. The van der Waals surface area contributed by atoms with Gasteiger partial charge in [0.15, 0.2) is 0 Å². The van der Waals surface area contributed by atoms with Crippen molar-refractivity contribution < 1.29 is 9.53 Å². The molecule has 1 aliphatic rings. The molecule has 1 aliphatic carbocycles. The fraction of sp³-hybridized carbons (Fsp3) is 0.750. The minimum absolute atomic E-state index is 0.276. The molecule has 0 unspecified atom stereocenters. The van der Waals surface area contributed by atoms with E-state index in [1.54, 1.807) is 13.8 Å². The van der Waals surface area contributed by atoms with E-state index in [-0.39, 0.29) is 5.97 Å². The molecule has 0 amide bonds. The molecule has 3 nitrogen and oxygen atoms in total. The van der Waals surface area contributed by atoms with E-state index in [1.165, 1.54) is 7.11 Å². The van der Waals surface area contributed by atoms with Crippen LogP contribution < -0.4 is 0 Å². The molecule has 3 heteroatoms. The lowest BCUT2D eigenvalue weighted by molar-refractivity contribution is -0.147. The number of carbonyl (C=O) groups excluding carboxylic acids is 1. The summed E-state index contributed by atoms with van der Waals surface area (Å²) in [5.41, 5.74) is -1.06. The molecule has 0 aromatic heterocycles. The molecule has 0 aromatic carbocycles. The second kappa shape index (κ2) is 1.97. The summed E-state index contributed by atoms with van der Waals surface area (Å²) in [6.45, 7) is 3.55. The Labute approximate surface area is 66.0 Å². The molecule has 0 N–H and O–H groups in total. The van der Waals surface area contributed by atoms with E-state index in [0.29, 0.717) is 6.42 Å². The highest BCUT2D eigenvalue weighted by Gasteiger charge is 2.67. The lowest BCUT2D eigenvalue weighted by atomic mass is 9.98. The molecule has 11 heavy (non-hydrogen) atoms. The first-order valence-corrected chi connectivity index (χ1v) is 3.50. The predicted octanol–water partition coefficient (Wildman–Crippen LogP) is 1.10. The van der Waals surface area contributed by atoms with E-state index in [4.69, 9.17) is 5.26 Å². The zero-order valence-corrected chi connectivity index (χ0v) is 6.97. The van der Waals surface area contributed by atoms with Gasteiger partial charge in [-0.3, -0.25) is 4.79 Å². The molecule has 2 atom stereocenters. The molecule has 0 bridgehead atoms. The summed E-state index contributed by atoms with van der Waals surface area (Å²) in [5.74, 6) is -0.276. The molecular weight excluding hydrogens is 142 g/mol. The quantitative estimate of drug-likeness (QED) is 0.530. The number of ether oxygens (including phenoxy) is 1. The summed E-state index contributed by atoms with van der Waals surface area (Å²) in [6.07, 6.45) is 0.614. The number of rotatable bonds is 1. The van der Waals surface area contributed by atoms with E-state index in [9.17, 15) is 4.79 Å². The third kappa shape index (κ3) is 0.823. The Morgan fingerprint density at radius 2 is 2.18 bits per heavy atom. The number of methoxy groups -OCH3 is 1. The van der Waals surface area contributed by atoms with Crippen LogP contribution in [0.25, 0.3) is 0 Å². The van der Waals surface area contributed by atoms with E-state index >= 15 is 0 Å². The highest BCUT2D eigenvalue weighted by Crippen LogP contribution is 2.63. The highest BCUT2D eigenvalue weighted by molar-refractivity contribution is 5.82. The molecule has 1 fully saturated rings. The standard InChI is InChI=1S/C8H11NO2/c1-7(5-9)4-8(7,2)6(10)11-3/h4H2,1-3H3/t7-,8-/m0/s1. The SMILES string of the molecule is COC(=O)[C@]1(C)C[C@@]1(C)C#N. The van der Waals surface area contributed by atoms with Gasteiger partial charge in [-0.15, -0.1) is 0 Å². The molecule has 0 heterocycles. The molecule has 1 saturated carbocycles. The van der Waals surface area contributed by atoms with E-state index in [0.717, 1.165) is 0 Å². The lowest BCUT2D eigenvalue weighted by Crippen LogP contribution is -2.19. The molecule has 1 rings (SSSR count). The summed E-state index contributed by atoms with van der Waals surface area (Å²) in [6, 6.07) is 2.12. The van der Waals surface area contributed by atoms with Gasteiger partial charge in [0.25, 0.3) is 0 Å². The van der Waals surface area contributed by atoms with Crippen molar-refractivity contribution in [2.24, 2.45) is 10.8 Å². The Morgan fingerprint density at radius 1 is 1.64 bits per heavy atom. The molecule has 60 valence electrons. The van der Waals surface area contributed by atoms with Crippen LogP contribution in [-0.4, -0.2) is 13.1 Å². The van der Waals surface area contributed by atoms with Crippen LogP contribution in [0.15, 0.2) is 0 Å². The van der Waals surface area contributed by atoms with Gasteiger partial charge in [-0.25, -0.2) is 0 Å². The van der Waals surface area contributed by atoms with Gasteiger partial charge in [-0.1, -0.05) is 0 Å². The average molecular weight is 153 g/mol. The van der Waals surface area contributed by atoms with Crippen molar-refractivity contribution in [2.75, 3.05) is 7.11 Å². The van der Waals surface area contributed by atoms with E-state index in [2.05, 4.69) is 10.8 Å². The Hall–Kier alpha value is -1.04. The Kier molecular flexibility index (Phi) is 1.45. The van der Waals surface area contributed by atoms with Crippen LogP contribution in [-0.2, 0) is 9.53 Å². The summed E-state index contributed by atoms with van der Waals surface area (Å²) < 4.78 is 4.58. The smallest absolute Gasteiger partial charge is 0.313 e. The maximum atomic E-state index is 11.1. The molecule has 0 aliphatic heterocycles. The second-order valence-electron chi connectivity index (χ2n) is 3.44. The lowest BCUT2D eigenvalue weighted by Gasteiger charge is -2.08. The van der Waals surface area contributed by atoms with Gasteiger partial charge in [0, 0.05) is 0 Å². The van der Waals surface area contributed by atoms with Gasteiger partial charge < -0.3 is 4.74 Å². The van der Waals surface area contributed by atoms with E-state index in [1.807, 2.05) is 0 Å². The molecule has 0 spiro atoms. The first kappa shape index (κ1) is 8.06. The minimum Gasteiger partial charge on any atom is -0.469 e. The number of carbonyl (C=O) groups is 1. The van der Waals surface area contributed by atoms with Gasteiger partial charge in [0.1, 0.15) is 0 Å². The fourth-order valence-electron chi connectivity index (χ4n) is 1.35. The number of nitriles is 1. The summed E-state index contributed by atoms with van der Waals surface area (Å²) in [7, 11) is 1.35. The monoisotopic (exact) mass is 153 g/mol. The maximum absolute atomic E-state index is 11.1. The average Bonchev–Trinajstić information content (AvgIpc) is 2.56. The van der Waals surface area contributed by atoms with Crippen LogP contribution in [0.5, 0.6) is 0 Å². The van der Waals surface area contributed by atoms with Gasteiger partial charge in [0.2, 0.25) is 0 Å². The molecule has 0 radical (unpaired) electrons. The van der Waals surface area contributed by atoms with Crippen molar-refractivity contribution in [3.05, 3.63) is 0 Å². The van der Waals surface area contributed by atoms with Crippen LogP contribution in [0, 0.1) is 22.2 Å². The second-order valence-corrected chi connectivity index (χ2v) is 3.44. The Balaban J connectivity index is 2.79. The van der Waals surface area contributed by atoms with E-state index < -0.39 is 10.8 Å². The number of hydrogen-bond donors (Lipinski definition) is 0. The van der Waals surface area contributed by atoms with Gasteiger partial charge >= 0.3 is 5.97 Å². The summed E-state index contributed by atoms with van der Waals surface area (Å²) >= 11 is 0. The molecule has 0 saturated heterocycles. The van der Waals surface area contributed by atoms with Gasteiger partial charge in [0.05, 0.1) is 24.0 Å². The number of hydrogen-bond acceptors (Lipinski definition) is 3. The van der Waals surface area contributed by atoms with Crippen LogP contribution in [0.1, 0.15) is 20.3 Å². The minimum atomic E-state index is -0.559. The van der Waals surface area contributed by atoms with Crippen molar-refractivity contribution >= 4 is 5.97 Å². The third-order valence-corrected chi connectivity index (χ3v) is 2.68. The maximum Gasteiger partial charge on any atom is 0.313 e. The zero-order valence-electron chi connectivity index (χ0n) is 6.97. The van der Waals surface area contributed by atoms with Gasteiger partial charge in [-0.05, 0) is 20.3 Å². The fourth-order valence-corrected chi connectivity index (χ4v) is 1.35. The summed E-state index contributed by atoms with van der Waals surface area (Å²) in [5, 5.41) is 8.69. The van der Waals surface area contributed by atoms with Crippen molar-refractivity contribution in [3.8, 4) is 6.07 Å². The number of nitrogens with zero attached hydrogens (tertiary/aromatic N) is 1. The van der Waals surface area contributed by atoms with Crippen molar-refractivity contribution in [3.63, 3.8) is 0 Å². The van der Waals surface area contributed by atoms with Crippen LogP contribution >= 0.6 is 0 Å². The van der Waals surface area contributed by atoms with Crippen molar-refractivity contribution in [2.45, 2.75) is 20.3 Å². The van der Waals surface area contributed by atoms with Crippen molar-refractivity contribution in [1.29, 1.82) is 5.26 Å². The van der Waals surface area contributed by atoms with Crippen LogP contribution in [0.4, 0.5) is 0 Å². The third-order valence-electron chi connectivity index (χ3n) is 2.68. The first-order chi connectivity index (χ1) is 5.00. The van der Waals surface area contributed by atoms with Crippen LogP contribution in [0.3, 0.4) is 0 Å². The van der Waals surface area contributed by atoms with Gasteiger partial charge in [-0.2, -0.15) is 5.26 Å². The largest absolute Gasteiger partial charge is 0.469 e. The summed E-state index contributed by atoms with van der Waals surface area (Å²) in [4.78, 5) is 11.1. The Morgan fingerprint density at radius 3 is 2.45 bits per heavy atom. The van der Waals surface area contributed by atoms with Crippen LogP contribution in [0.2, 0.25) is 0 Å². The molecule has 0 aromatic rings. The molecular formula is C8H11NO2. The highest BCUT2D eigenvalue weighted by atomic mass is 16.5. The van der Waals surface area contributed by atoms with Crippen molar-refractivity contribution in [1.82, 2.24) is 0 Å².